The lowest BCUT2D eigenvalue weighted by atomic mass is 10.0. The topological polar surface area (TPSA) is 80.3 Å². The van der Waals surface area contributed by atoms with Crippen LogP contribution < -0.4 is 15.4 Å². The maximum atomic E-state index is 13.0. The number of carbonyl (C=O) groups excluding carboxylic acids is 2. The SMILES string of the molecule is CCCCOc1ccc(NC(=O)CSc2nc3ccc(NC(=O)c4cccc5ccccc45)cc3s2)cc1. The van der Waals surface area contributed by atoms with Gasteiger partial charge in [0, 0.05) is 16.9 Å². The number of unbranched alkanes of at least 4 members (excludes halogenated alkanes) is 1. The number of nitrogens with zero attached hydrogens (tertiary/aromatic N) is 1. The Kier molecular flexibility index (Phi) is 8.21. The van der Waals surface area contributed by atoms with Crippen molar-refractivity contribution in [3.63, 3.8) is 0 Å². The van der Waals surface area contributed by atoms with Crippen molar-refractivity contribution < 1.29 is 14.3 Å². The third-order valence-electron chi connectivity index (χ3n) is 5.89. The summed E-state index contributed by atoms with van der Waals surface area (Å²) in [4.78, 5) is 30.1. The summed E-state index contributed by atoms with van der Waals surface area (Å²) < 4.78 is 7.41. The minimum Gasteiger partial charge on any atom is -0.494 e. The molecule has 192 valence electrons. The third kappa shape index (κ3) is 6.33. The zero-order chi connectivity index (χ0) is 26.3. The number of hydrogen-bond donors (Lipinski definition) is 2. The highest BCUT2D eigenvalue weighted by Gasteiger charge is 2.12. The van der Waals surface area contributed by atoms with Crippen LogP contribution in [0.15, 0.2) is 89.3 Å². The summed E-state index contributed by atoms with van der Waals surface area (Å²) in [5.74, 6) is 0.793. The van der Waals surface area contributed by atoms with E-state index in [0.717, 1.165) is 49.6 Å². The number of ether oxygens (including phenoxy) is 1. The molecule has 8 heteroatoms. The number of rotatable bonds is 10. The molecular weight excluding hydrogens is 514 g/mol. The number of hydrogen-bond acceptors (Lipinski definition) is 6. The first-order valence-electron chi connectivity index (χ1n) is 12.4. The highest BCUT2D eigenvalue weighted by Crippen LogP contribution is 2.32. The zero-order valence-electron chi connectivity index (χ0n) is 20.9. The Hall–Kier alpha value is -3.88. The van der Waals surface area contributed by atoms with Crippen LogP contribution in [-0.2, 0) is 4.79 Å². The molecule has 5 rings (SSSR count). The van der Waals surface area contributed by atoms with Gasteiger partial charge in [0.05, 0.1) is 22.6 Å². The first kappa shape index (κ1) is 25.8. The van der Waals surface area contributed by atoms with E-state index >= 15 is 0 Å². The molecule has 0 bridgehead atoms. The van der Waals surface area contributed by atoms with E-state index in [1.807, 2.05) is 84.9 Å². The quantitative estimate of drug-likeness (QED) is 0.140. The van der Waals surface area contributed by atoms with Gasteiger partial charge >= 0.3 is 0 Å². The maximum Gasteiger partial charge on any atom is 0.256 e. The average Bonchev–Trinajstić information content (AvgIpc) is 3.35. The van der Waals surface area contributed by atoms with E-state index in [-0.39, 0.29) is 17.6 Å². The Morgan fingerprint density at radius 2 is 1.71 bits per heavy atom. The minimum atomic E-state index is -0.155. The molecule has 0 atom stereocenters. The van der Waals surface area contributed by atoms with Crippen molar-refractivity contribution in [2.45, 2.75) is 24.1 Å². The normalized spacial score (nSPS) is 11.0. The Bertz CT molecular complexity index is 1580. The Labute approximate surface area is 229 Å². The number of aromatic nitrogens is 1. The Morgan fingerprint density at radius 1 is 0.921 bits per heavy atom. The largest absolute Gasteiger partial charge is 0.494 e. The highest BCUT2D eigenvalue weighted by atomic mass is 32.2. The summed E-state index contributed by atoms with van der Waals surface area (Å²) in [5.41, 5.74) is 2.90. The number of thiazole rings is 1. The second-order valence-corrected chi connectivity index (χ2v) is 11.0. The molecule has 0 aliphatic rings. The minimum absolute atomic E-state index is 0.100. The Morgan fingerprint density at radius 3 is 2.55 bits per heavy atom. The van der Waals surface area contributed by atoms with Gasteiger partial charge in [0.1, 0.15) is 5.75 Å². The van der Waals surface area contributed by atoms with Crippen LogP contribution >= 0.6 is 23.1 Å². The first-order chi connectivity index (χ1) is 18.6. The zero-order valence-corrected chi connectivity index (χ0v) is 22.5. The van der Waals surface area contributed by atoms with E-state index in [1.165, 1.54) is 23.1 Å². The number of amides is 2. The molecule has 38 heavy (non-hydrogen) atoms. The van der Waals surface area contributed by atoms with Crippen molar-refractivity contribution in [1.29, 1.82) is 0 Å². The average molecular weight is 542 g/mol. The monoisotopic (exact) mass is 541 g/mol. The molecular formula is C30H27N3O3S2. The van der Waals surface area contributed by atoms with Crippen LogP contribution in [0.2, 0.25) is 0 Å². The summed E-state index contributed by atoms with van der Waals surface area (Å²) in [7, 11) is 0. The number of thioether (sulfide) groups is 1. The molecule has 0 spiro atoms. The van der Waals surface area contributed by atoms with Crippen LogP contribution in [-0.4, -0.2) is 29.2 Å². The molecule has 0 saturated heterocycles. The van der Waals surface area contributed by atoms with Gasteiger partial charge in [0.15, 0.2) is 4.34 Å². The molecule has 0 aliphatic carbocycles. The fourth-order valence-electron chi connectivity index (χ4n) is 3.96. The van der Waals surface area contributed by atoms with Gasteiger partial charge in [-0.3, -0.25) is 9.59 Å². The van der Waals surface area contributed by atoms with Gasteiger partial charge in [-0.1, -0.05) is 61.5 Å². The van der Waals surface area contributed by atoms with Gasteiger partial charge < -0.3 is 15.4 Å². The van der Waals surface area contributed by atoms with Gasteiger partial charge in [-0.25, -0.2) is 4.98 Å². The van der Waals surface area contributed by atoms with Crippen molar-refractivity contribution in [1.82, 2.24) is 4.98 Å². The second-order valence-electron chi connectivity index (χ2n) is 8.71. The number of anilines is 2. The standard InChI is InChI=1S/C30H27N3O3S2/c1-2-3-17-36-23-14-11-21(12-15-23)31-28(34)19-37-30-33-26-16-13-22(18-27(26)38-30)32-29(35)25-10-6-8-20-7-4-5-9-24(20)25/h4-16,18H,2-3,17,19H2,1H3,(H,31,34)(H,32,35). The third-order valence-corrected chi connectivity index (χ3v) is 8.05. The van der Waals surface area contributed by atoms with Crippen LogP contribution in [0.25, 0.3) is 21.0 Å². The van der Waals surface area contributed by atoms with E-state index in [4.69, 9.17) is 4.74 Å². The van der Waals surface area contributed by atoms with Gasteiger partial charge in [-0.2, -0.15) is 0 Å². The number of nitrogens with one attached hydrogen (secondary N) is 2. The van der Waals surface area contributed by atoms with Gasteiger partial charge in [-0.05, 0) is 65.7 Å². The summed E-state index contributed by atoms with van der Waals surface area (Å²) in [6.07, 6.45) is 2.10. The molecule has 4 aromatic carbocycles. The van der Waals surface area contributed by atoms with Crippen molar-refractivity contribution >= 4 is 67.3 Å². The van der Waals surface area contributed by atoms with Crippen LogP contribution in [0.5, 0.6) is 5.75 Å². The van der Waals surface area contributed by atoms with Gasteiger partial charge in [-0.15, -0.1) is 11.3 Å². The molecule has 1 aromatic heterocycles. The van der Waals surface area contributed by atoms with Crippen molar-refractivity contribution in [2.24, 2.45) is 0 Å². The predicted molar refractivity (Wildman–Crippen MR) is 158 cm³/mol. The predicted octanol–water partition coefficient (Wildman–Crippen LogP) is 7.61. The van der Waals surface area contributed by atoms with Gasteiger partial charge in [0.25, 0.3) is 5.91 Å². The number of fused-ring (bicyclic) bond motifs is 2. The van der Waals surface area contributed by atoms with Crippen LogP contribution in [0.4, 0.5) is 11.4 Å². The molecule has 2 amide bonds. The molecule has 5 aromatic rings. The van der Waals surface area contributed by atoms with Crippen molar-refractivity contribution in [3.8, 4) is 5.75 Å². The molecule has 0 radical (unpaired) electrons. The van der Waals surface area contributed by atoms with E-state index in [1.54, 1.807) is 0 Å². The molecule has 0 unspecified atom stereocenters. The highest BCUT2D eigenvalue weighted by molar-refractivity contribution is 8.01. The fraction of sp³-hybridized carbons (Fsp3) is 0.167. The van der Waals surface area contributed by atoms with Crippen LogP contribution in [0.3, 0.4) is 0 Å². The maximum absolute atomic E-state index is 13.0. The molecule has 6 nitrogen and oxygen atoms in total. The lowest BCUT2D eigenvalue weighted by Gasteiger charge is -2.08. The van der Waals surface area contributed by atoms with E-state index in [2.05, 4.69) is 22.5 Å². The fourth-order valence-corrected chi connectivity index (χ4v) is 5.87. The van der Waals surface area contributed by atoms with Crippen molar-refractivity contribution in [2.75, 3.05) is 23.0 Å². The van der Waals surface area contributed by atoms with Gasteiger partial charge in [0.2, 0.25) is 5.91 Å². The smallest absolute Gasteiger partial charge is 0.256 e. The van der Waals surface area contributed by atoms with E-state index < -0.39 is 0 Å². The lowest BCUT2D eigenvalue weighted by Crippen LogP contribution is -2.13. The lowest BCUT2D eigenvalue weighted by molar-refractivity contribution is -0.113. The molecule has 2 N–H and O–H groups in total. The van der Waals surface area contributed by atoms with Crippen LogP contribution in [0, 0.1) is 0 Å². The summed E-state index contributed by atoms with van der Waals surface area (Å²) in [6.45, 7) is 2.82. The molecule has 0 aliphatic heterocycles. The first-order valence-corrected chi connectivity index (χ1v) is 14.2. The number of carbonyl (C=O) groups is 2. The second kappa shape index (κ2) is 12.1. The molecule has 0 fully saturated rings. The Balaban J connectivity index is 1.18. The van der Waals surface area contributed by atoms with E-state index in [9.17, 15) is 9.59 Å². The number of benzene rings is 4. The van der Waals surface area contributed by atoms with Crippen molar-refractivity contribution in [3.05, 3.63) is 90.5 Å². The summed E-state index contributed by atoms with van der Waals surface area (Å²) in [6, 6.07) is 26.6. The summed E-state index contributed by atoms with van der Waals surface area (Å²) in [5, 5.41) is 7.86. The summed E-state index contributed by atoms with van der Waals surface area (Å²) >= 11 is 2.89. The molecule has 1 heterocycles. The van der Waals surface area contributed by atoms with Crippen LogP contribution in [0.1, 0.15) is 30.1 Å². The molecule has 0 saturated carbocycles. The van der Waals surface area contributed by atoms with E-state index in [0.29, 0.717) is 17.9 Å².